The molecule has 0 aromatic heterocycles. The van der Waals surface area contributed by atoms with Crippen LogP contribution in [0.3, 0.4) is 0 Å². The first-order valence-corrected chi connectivity index (χ1v) is 7.24. The van der Waals surface area contributed by atoms with Crippen molar-refractivity contribution in [2.24, 2.45) is 0 Å². The van der Waals surface area contributed by atoms with E-state index in [1.54, 1.807) is 0 Å². The second-order valence-corrected chi connectivity index (χ2v) is 5.42. The molecule has 0 N–H and O–H groups in total. The third-order valence-electron chi connectivity index (χ3n) is 3.82. The predicted molar refractivity (Wildman–Crippen MR) is 80.0 cm³/mol. The first-order chi connectivity index (χ1) is 9.42. The molecule has 2 aromatic rings. The normalized spacial score (nSPS) is 14.8. The molecule has 0 unspecified atom stereocenters. The summed E-state index contributed by atoms with van der Waals surface area (Å²) in [4.78, 5) is 2.64. The zero-order valence-corrected chi connectivity index (χ0v) is 11.3. The fourth-order valence-electron chi connectivity index (χ4n) is 2.57. The van der Waals surface area contributed by atoms with E-state index < -0.39 is 0 Å². The van der Waals surface area contributed by atoms with Crippen LogP contribution in [0.2, 0.25) is 0 Å². The lowest BCUT2D eigenvalue weighted by Crippen LogP contribution is -2.27. The highest BCUT2D eigenvalue weighted by Gasteiger charge is 2.28. The van der Waals surface area contributed by atoms with Crippen LogP contribution in [0.15, 0.2) is 60.7 Å². The van der Waals surface area contributed by atoms with E-state index in [4.69, 9.17) is 0 Å². The molecule has 0 spiro atoms. The molecule has 0 radical (unpaired) electrons. The zero-order valence-electron chi connectivity index (χ0n) is 11.3. The van der Waals surface area contributed by atoms with Crippen molar-refractivity contribution >= 4 is 0 Å². The van der Waals surface area contributed by atoms with Crippen LogP contribution in [0.5, 0.6) is 0 Å². The molecule has 1 heteroatoms. The van der Waals surface area contributed by atoms with Crippen molar-refractivity contribution in [2.45, 2.75) is 31.8 Å². The summed E-state index contributed by atoms with van der Waals surface area (Å²) in [5.74, 6) is 0. The van der Waals surface area contributed by atoms with Crippen molar-refractivity contribution in [3.05, 3.63) is 71.8 Å². The molecule has 3 rings (SSSR count). The fourth-order valence-corrected chi connectivity index (χ4v) is 2.57. The Hall–Kier alpha value is -1.60. The van der Waals surface area contributed by atoms with Crippen LogP contribution in [0.4, 0.5) is 0 Å². The van der Waals surface area contributed by atoms with Crippen LogP contribution in [0, 0.1) is 0 Å². The van der Waals surface area contributed by atoms with Gasteiger partial charge in [0.25, 0.3) is 0 Å². The highest BCUT2D eigenvalue weighted by Crippen LogP contribution is 2.28. The molecular formula is C18H21N. The van der Waals surface area contributed by atoms with Gasteiger partial charge in [0.05, 0.1) is 0 Å². The van der Waals surface area contributed by atoms with Crippen LogP contribution in [0.25, 0.3) is 0 Å². The van der Waals surface area contributed by atoms with E-state index in [1.807, 2.05) is 0 Å². The number of rotatable bonds is 6. The highest BCUT2D eigenvalue weighted by molar-refractivity contribution is 5.17. The van der Waals surface area contributed by atoms with Crippen LogP contribution >= 0.6 is 0 Å². The van der Waals surface area contributed by atoms with E-state index in [0.717, 1.165) is 19.0 Å². The summed E-state index contributed by atoms with van der Waals surface area (Å²) in [6.45, 7) is 2.27. The number of hydrogen-bond donors (Lipinski definition) is 0. The molecule has 98 valence electrons. The summed E-state index contributed by atoms with van der Waals surface area (Å²) < 4.78 is 0. The SMILES string of the molecule is c1ccc(CCN(Cc2ccccc2)C2CC2)cc1. The summed E-state index contributed by atoms with van der Waals surface area (Å²) in [7, 11) is 0. The molecule has 19 heavy (non-hydrogen) atoms. The molecule has 0 saturated heterocycles. The summed E-state index contributed by atoms with van der Waals surface area (Å²) in [6.07, 6.45) is 3.91. The van der Waals surface area contributed by atoms with Gasteiger partial charge in [0.2, 0.25) is 0 Å². The van der Waals surface area contributed by atoms with Gasteiger partial charge in [-0.1, -0.05) is 60.7 Å². The molecule has 0 amide bonds. The van der Waals surface area contributed by atoms with E-state index in [0.29, 0.717) is 0 Å². The lowest BCUT2D eigenvalue weighted by molar-refractivity contribution is 0.258. The number of nitrogens with zero attached hydrogens (tertiary/aromatic N) is 1. The fraction of sp³-hybridized carbons (Fsp3) is 0.333. The van der Waals surface area contributed by atoms with E-state index >= 15 is 0 Å². The molecular weight excluding hydrogens is 230 g/mol. The lowest BCUT2D eigenvalue weighted by atomic mass is 10.1. The smallest absolute Gasteiger partial charge is 0.0236 e. The van der Waals surface area contributed by atoms with E-state index in [1.165, 1.54) is 30.5 Å². The minimum Gasteiger partial charge on any atom is -0.296 e. The Balaban J connectivity index is 1.59. The lowest BCUT2D eigenvalue weighted by Gasteiger charge is -2.22. The number of benzene rings is 2. The molecule has 0 bridgehead atoms. The Kier molecular flexibility index (Phi) is 3.95. The van der Waals surface area contributed by atoms with Crippen molar-refractivity contribution in [2.75, 3.05) is 6.54 Å². The third kappa shape index (κ3) is 3.68. The van der Waals surface area contributed by atoms with Crippen LogP contribution in [-0.4, -0.2) is 17.5 Å². The monoisotopic (exact) mass is 251 g/mol. The second kappa shape index (κ2) is 6.03. The number of hydrogen-bond acceptors (Lipinski definition) is 1. The first kappa shape index (κ1) is 12.4. The first-order valence-electron chi connectivity index (χ1n) is 7.24. The van der Waals surface area contributed by atoms with Crippen LogP contribution < -0.4 is 0 Å². The van der Waals surface area contributed by atoms with E-state index in [2.05, 4.69) is 65.6 Å². The molecule has 0 atom stereocenters. The minimum absolute atomic E-state index is 0.823. The second-order valence-electron chi connectivity index (χ2n) is 5.42. The van der Waals surface area contributed by atoms with Gasteiger partial charge in [-0.05, 0) is 30.4 Å². The van der Waals surface area contributed by atoms with Crippen LogP contribution in [0.1, 0.15) is 24.0 Å². The topological polar surface area (TPSA) is 3.24 Å². The van der Waals surface area contributed by atoms with E-state index in [-0.39, 0.29) is 0 Å². The van der Waals surface area contributed by atoms with Gasteiger partial charge < -0.3 is 0 Å². The molecule has 0 heterocycles. The Morgan fingerprint density at radius 3 is 1.95 bits per heavy atom. The van der Waals surface area contributed by atoms with Gasteiger partial charge in [-0.3, -0.25) is 4.90 Å². The van der Waals surface area contributed by atoms with Gasteiger partial charge in [-0.15, -0.1) is 0 Å². The summed E-state index contributed by atoms with van der Waals surface area (Å²) in [6, 6.07) is 22.5. The van der Waals surface area contributed by atoms with Crippen molar-refractivity contribution in [3.8, 4) is 0 Å². The van der Waals surface area contributed by atoms with E-state index in [9.17, 15) is 0 Å². The van der Waals surface area contributed by atoms with Gasteiger partial charge >= 0.3 is 0 Å². The Morgan fingerprint density at radius 1 is 0.789 bits per heavy atom. The maximum atomic E-state index is 2.64. The summed E-state index contributed by atoms with van der Waals surface area (Å²) in [5.41, 5.74) is 2.88. The molecule has 1 nitrogen and oxygen atoms in total. The third-order valence-corrected chi connectivity index (χ3v) is 3.82. The van der Waals surface area contributed by atoms with Gasteiger partial charge in [0.1, 0.15) is 0 Å². The molecule has 1 aliphatic carbocycles. The summed E-state index contributed by atoms with van der Waals surface area (Å²) in [5, 5.41) is 0. The van der Waals surface area contributed by atoms with Crippen molar-refractivity contribution < 1.29 is 0 Å². The molecule has 1 saturated carbocycles. The molecule has 0 aliphatic heterocycles. The predicted octanol–water partition coefficient (Wildman–Crippen LogP) is 3.89. The van der Waals surface area contributed by atoms with Gasteiger partial charge in [-0.25, -0.2) is 0 Å². The standard InChI is InChI=1S/C18H21N/c1-3-7-16(8-4-1)13-14-19(18-11-12-18)15-17-9-5-2-6-10-17/h1-10,18H,11-15H2. The maximum Gasteiger partial charge on any atom is 0.0236 e. The molecule has 1 aliphatic rings. The van der Waals surface area contributed by atoms with Gasteiger partial charge in [0.15, 0.2) is 0 Å². The quantitative estimate of drug-likeness (QED) is 0.752. The van der Waals surface area contributed by atoms with Crippen molar-refractivity contribution in [1.29, 1.82) is 0 Å². The van der Waals surface area contributed by atoms with Crippen molar-refractivity contribution in [3.63, 3.8) is 0 Å². The highest BCUT2D eigenvalue weighted by atomic mass is 15.2. The maximum absolute atomic E-state index is 2.64. The zero-order chi connectivity index (χ0) is 12.9. The van der Waals surface area contributed by atoms with Gasteiger partial charge in [0, 0.05) is 19.1 Å². The molecule has 2 aromatic carbocycles. The Labute approximate surface area is 115 Å². The van der Waals surface area contributed by atoms with Crippen molar-refractivity contribution in [1.82, 2.24) is 4.90 Å². The molecule has 1 fully saturated rings. The largest absolute Gasteiger partial charge is 0.296 e. The summed E-state index contributed by atoms with van der Waals surface area (Å²) >= 11 is 0. The van der Waals surface area contributed by atoms with Gasteiger partial charge in [-0.2, -0.15) is 0 Å². The minimum atomic E-state index is 0.823. The Morgan fingerprint density at radius 2 is 1.37 bits per heavy atom. The van der Waals surface area contributed by atoms with Crippen LogP contribution in [-0.2, 0) is 13.0 Å². The average Bonchev–Trinajstić information content (AvgIpc) is 3.30. The Bertz CT molecular complexity index is 488. The average molecular weight is 251 g/mol.